The van der Waals surface area contributed by atoms with E-state index in [0.29, 0.717) is 19.5 Å². The molecule has 3 aromatic rings. The molecular weight excluding hydrogens is 326 g/mol. The first kappa shape index (κ1) is 17.9. The maximum absolute atomic E-state index is 12.3. The molecule has 0 spiro atoms. The maximum atomic E-state index is 12.3. The molecule has 0 bridgehead atoms. The molecule has 2 aromatic heterocycles. The van der Waals surface area contributed by atoms with Crippen molar-refractivity contribution in [3.63, 3.8) is 0 Å². The fourth-order valence-corrected chi connectivity index (χ4v) is 2.99. The Morgan fingerprint density at radius 1 is 1.08 bits per heavy atom. The minimum Gasteiger partial charge on any atom is -0.323 e. The SMILES string of the molecule is Cc1ccn(CCC(=O)Nc2c(C)nn(Cc3ccccc3C)c2C)n1. The van der Waals surface area contributed by atoms with Gasteiger partial charge in [-0.25, -0.2) is 0 Å². The van der Waals surface area contributed by atoms with Crippen molar-refractivity contribution >= 4 is 11.6 Å². The van der Waals surface area contributed by atoms with Crippen LogP contribution in [0.5, 0.6) is 0 Å². The second-order valence-corrected chi connectivity index (χ2v) is 6.65. The molecule has 3 rings (SSSR count). The highest BCUT2D eigenvalue weighted by molar-refractivity contribution is 5.91. The van der Waals surface area contributed by atoms with Crippen LogP contribution in [-0.4, -0.2) is 25.5 Å². The van der Waals surface area contributed by atoms with E-state index in [1.807, 2.05) is 49.8 Å². The standard InChI is InChI=1S/C20H25N5O/c1-14-7-5-6-8-18(14)13-25-17(4)20(16(3)23-25)21-19(26)10-12-24-11-9-15(2)22-24/h5-9,11H,10,12-13H2,1-4H3,(H,21,26). The zero-order valence-corrected chi connectivity index (χ0v) is 15.8. The van der Waals surface area contributed by atoms with Gasteiger partial charge in [-0.2, -0.15) is 10.2 Å². The van der Waals surface area contributed by atoms with E-state index in [4.69, 9.17) is 0 Å². The summed E-state index contributed by atoms with van der Waals surface area (Å²) in [4.78, 5) is 12.3. The summed E-state index contributed by atoms with van der Waals surface area (Å²) in [6, 6.07) is 10.2. The van der Waals surface area contributed by atoms with Gasteiger partial charge in [-0.05, 0) is 44.9 Å². The molecular formula is C20H25N5O. The van der Waals surface area contributed by atoms with E-state index in [-0.39, 0.29) is 5.91 Å². The summed E-state index contributed by atoms with van der Waals surface area (Å²) in [5.41, 5.74) is 6.02. The molecule has 1 aromatic carbocycles. The average Bonchev–Trinajstić information content (AvgIpc) is 3.13. The molecule has 0 unspecified atom stereocenters. The number of anilines is 1. The zero-order chi connectivity index (χ0) is 18.7. The number of benzene rings is 1. The highest BCUT2D eigenvalue weighted by Crippen LogP contribution is 2.21. The summed E-state index contributed by atoms with van der Waals surface area (Å²) in [7, 11) is 0. The van der Waals surface area contributed by atoms with Gasteiger partial charge in [-0.3, -0.25) is 14.2 Å². The molecule has 2 heterocycles. The van der Waals surface area contributed by atoms with Crippen molar-refractivity contribution < 1.29 is 4.79 Å². The van der Waals surface area contributed by atoms with Crippen LogP contribution in [0.1, 0.15) is 34.6 Å². The van der Waals surface area contributed by atoms with Crippen LogP contribution >= 0.6 is 0 Å². The second-order valence-electron chi connectivity index (χ2n) is 6.65. The van der Waals surface area contributed by atoms with E-state index >= 15 is 0 Å². The van der Waals surface area contributed by atoms with E-state index in [1.165, 1.54) is 11.1 Å². The summed E-state index contributed by atoms with van der Waals surface area (Å²) in [6.07, 6.45) is 2.27. The Morgan fingerprint density at radius 2 is 1.85 bits per heavy atom. The summed E-state index contributed by atoms with van der Waals surface area (Å²) >= 11 is 0. The van der Waals surface area contributed by atoms with Gasteiger partial charge in [0.25, 0.3) is 0 Å². The third-order valence-electron chi connectivity index (χ3n) is 4.57. The summed E-state index contributed by atoms with van der Waals surface area (Å²) in [5, 5.41) is 11.9. The Bertz CT molecular complexity index is 922. The molecule has 136 valence electrons. The van der Waals surface area contributed by atoms with Crippen molar-refractivity contribution in [2.24, 2.45) is 0 Å². The first-order valence-electron chi connectivity index (χ1n) is 8.82. The average molecular weight is 351 g/mol. The molecule has 0 radical (unpaired) electrons. The van der Waals surface area contributed by atoms with Crippen LogP contribution in [0.25, 0.3) is 0 Å². The largest absolute Gasteiger partial charge is 0.323 e. The van der Waals surface area contributed by atoms with Crippen molar-refractivity contribution in [3.05, 3.63) is 64.7 Å². The maximum Gasteiger partial charge on any atom is 0.226 e. The Morgan fingerprint density at radius 3 is 2.54 bits per heavy atom. The number of hydrogen-bond acceptors (Lipinski definition) is 3. The van der Waals surface area contributed by atoms with Crippen LogP contribution in [0.15, 0.2) is 36.5 Å². The number of rotatable bonds is 6. The van der Waals surface area contributed by atoms with Gasteiger partial charge >= 0.3 is 0 Å². The number of nitrogens with one attached hydrogen (secondary N) is 1. The molecule has 1 amide bonds. The molecule has 0 atom stereocenters. The monoisotopic (exact) mass is 351 g/mol. The Balaban J connectivity index is 1.67. The molecule has 0 fully saturated rings. The van der Waals surface area contributed by atoms with Crippen LogP contribution in [0, 0.1) is 27.7 Å². The minimum absolute atomic E-state index is 0.0280. The van der Waals surface area contributed by atoms with Gasteiger partial charge in [0, 0.05) is 19.2 Å². The van der Waals surface area contributed by atoms with Crippen molar-refractivity contribution in [3.8, 4) is 0 Å². The van der Waals surface area contributed by atoms with Gasteiger partial charge in [-0.1, -0.05) is 24.3 Å². The van der Waals surface area contributed by atoms with E-state index in [0.717, 1.165) is 22.8 Å². The summed E-state index contributed by atoms with van der Waals surface area (Å²) < 4.78 is 3.74. The Labute approximate surface area is 153 Å². The zero-order valence-electron chi connectivity index (χ0n) is 15.8. The lowest BCUT2D eigenvalue weighted by Crippen LogP contribution is -2.16. The highest BCUT2D eigenvalue weighted by Gasteiger charge is 2.15. The minimum atomic E-state index is -0.0280. The van der Waals surface area contributed by atoms with Crippen LogP contribution in [-0.2, 0) is 17.9 Å². The normalized spacial score (nSPS) is 10.9. The third kappa shape index (κ3) is 4.02. The topological polar surface area (TPSA) is 64.7 Å². The van der Waals surface area contributed by atoms with E-state index in [1.54, 1.807) is 4.68 Å². The first-order valence-corrected chi connectivity index (χ1v) is 8.82. The molecule has 0 aliphatic heterocycles. The quantitative estimate of drug-likeness (QED) is 0.740. The molecule has 6 heteroatoms. The number of hydrogen-bond donors (Lipinski definition) is 1. The fourth-order valence-electron chi connectivity index (χ4n) is 2.99. The van der Waals surface area contributed by atoms with Crippen molar-refractivity contribution in [2.75, 3.05) is 5.32 Å². The summed E-state index contributed by atoms with van der Waals surface area (Å²) in [6.45, 7) is 9.21. The van der Waals surface area contributed by atoms with Gasteiger partial charge < -0.3 is 5.32 Å². The lowest BCUT2D eigenvalue weighted by Gasteiger charge is -2.09. The third-order valence-corrected chi connectivity index (χ3v) is 4.57. The number of carbonyl (C=O) groups excluding carboxylic acids is 1. The molecule has 0 aliphatic rings. The molecule has 26 heavy (non-hydrogen) atoms. The lowest BCUT2D eigenvalue weighted by molar-refractivity contribution is -0.116. The summed E-state index contributed by atoms with van der Waals surface area (Å²) in [5.74, 6) is -0.0280. The van der Waals surface area contributed by atoms with Crippen molar-refractivity contribution in [1.29, 1.82) is 0 Å². The van der Waals surface area contributed by atoms with E-state index in [2.05, 4.69) is 34.6 Å². The molecule has 6 nitrogen and oxygen atoms in total. The van der Waals surface area contributed by atoms with Gasteiger partial charge in [0.15, 0.2) is 0 Å². The van der Waals surface area contributed by atoms with Crippen molar-refractivity contribution in [1.82, 2.24) is 19.6 Å². The highest BCUT2D eigenvalue weighted by atomic mass is 16.1. The Kier molecular flexibility index (Phi) is 5.21. The first-order chi connectivity index (χ1) is 12.4. The second kappa shape index (κ2) is 7.56. The number of nitrogens with zero attached hydrogens (tertiary/aromatic N) is 4. The number of carbonyl (C=O) groups is 1. The Hall–Kier alpha value is -2.89. The smallest absolute Gasteiger partial charge is 0.226 e. The number of aromatic nitrogens is 4. The number of amides is 1. The predicted octanol–water partition coefficient (Wildman–Crippen LogP) is 3.39. The predicted molar refractivity (Wildman–Crippen MR) is 102 cm³/mol. The van der Waals surface area contributed by atoms with Crippen LogP contribution < -0.4 is 5.32 Å². The lowest BCUT2D eigenvalue weighted by atomic mass is 10.1. The number of aryl methyl sites for hydroxylation is 4. The van der Waals surface area contributed by atoms with E-state index < -0.39 is 0 Å². The molecule has 0 saturated carbocycles. The molecule has 0 aliphatic carbocycles. The van der Waals surface area contributed by atoms with Crippen LogP contribution in [0.2, 0.25) is 0 Å². The van der Waals surface area contributed by atoms with Crippen LogP contribution in [0.4, 0.5) is 5.69 Å². The van der Waals surface area contributed by atoms with Crippen molar-refractivity contribution in [2.45, 2.75) is 47.2 Å². The van der Waals surface area contributed by atoms with Gasteiger partial charge in [0.2, 0.25) is 5.91 Å². The van der Waals surface area contributed by atoms with Crippen LogP contribution in [0.3, 0.4) is 0 Å². The van der Waals surface area contributed by atoms with Gasteiger partial charge in [-0.15, -0.1) is 0 Å². The van der Waals surface area contributed by atoms with Gasteiger partial charge in [0.1, 0.15) is 0 Å². The van der Waals surface area contributed by atoms with E-state index in [9.17, 15) is 4.79 Å². The molecule has 1 N–H and O–H groups in total. The molecule has 0 saturated heterocycles. The fraction of sp³-hybridized carbons (Fsp3) is 0.350. The van der Waals surface area contributed by atoms with Gasteiger partial charge in [0.05, 0.1) is 29.3 Å².